The summed E-state index contributed by atoms with van der Waals surface area (Å²) in [7, 11) is 0. The van der Waals surface area contributed by atoms with Gasteiger partial charge in [-0.05, 0) is 24.0 Å². The largest absolute Gasteiger partial charge is 0.204 e. The van der Waals surface area contributed by atoms with Crippen LogP contribution >= 0.6 is 0 Å². The fourth-order valence-electron chi connectivity index (χ4n) is 0.921. The molecule has 0 fully saturated rings. The smallest absolute Gasteiger partial charge is 0.155 e. The molecule has 0 spiro atoms. The van der Waals surface area contributed by atoms with Crippen LogP contribution in [0.4, 0.5) is 8.78 Å². The van der Waals surface area contributed by atoms with E-state index in [9.17, 15) is 8.78 Å². The van der Waals surface area contributed by atoms with Crippen molar-refractivity contribution in [3.05, 3.63) is 23.8 Å². The number of hydrogen-bond acceptors (Lipinski definition) is 0. The lowest BCUT2D eigenvalue weighted by Gasteiger charge is -2.21. The monoisotopic (exact) mass is 144 g/mol. The molecule has 1 aliphatic rings. The molecule has 1 rings (SSSR count). The summed E-state index contributed by atoms with van der Waals surface area (Å²) in [4.78, 5) is 0. The van der Waals surface area contributed by atoms with Crippen LogP contribution in [-0.2, 0) is 0 Å². The van der Waals surface area contributed by atoms with Crippen molar-refractivity contribution in [3.8, 4) is 0 Å². The van der Waals surface area contributed by atoms with Gasteiger partial charge in [0.2, 0.25) is 0 Å². The predicted octanol–water partition coefficient (Wildman–Crippen LogP) is 3.12. The van der Waals surface area contributed by atoms with Gasteiger partial charge >= 0.3 is 0 Å². The Balaban J connectivity index is 2.87. The molecular weight excluding hydrogens is 134 g/mol. The number of halogens is 2. The maximum absolute atomic E-state index is 12.5. The van der Waals surface area contributed by atoms with Gasteiger partial charge in [0.25, 0.3) is 0 Å². The van der Waals surface area contributed by atoms with E-state index in [1.807, 2.05) is 13.8 Å². The minimum Gasteiger partial charge on any atom is -0.204 e. The van der Waals surface area contributed by atoms with Crippen molar-refractivity contribution >= 4 is 0 Å². The lowest BCUT2D eigenvalue weighted by atomic mass is 9.86. The van der Waals surface area contributed by atoms with Crippen molar-refractivity contribution in [2.24, 2.45) is 5.41 Å². The van der Waals surface area contributed by atoms with Gasteiger partial charge in [-0.25, -0.2) is 8.78 Å². The summed E-state index contributed by atoms with van der Waals surface area (Å²) in [6.45, 7) is 3.74. The summed E-state index contributed by atoms with van der Waals surface area (Å²) >= 11 is 0. The van der Waals surface area contributed by atoms with Crippen LogP contribution in [0.2, 0.25) is 0 Å². The molecule has 10 heavy (non-hydrogen) atoms. The van der Waals surface area contributed by atoms with E-state index in [-0.39, 0.29) is 5.41 Å². The molecule has 0 bridgehead atoms. The van der Waals surface area contributed by atoms with Gasteiger partial charge in [0.15, 0.2) is 11.7 Å². The summed E-state index contributed by atoms with van der Waals surface area (Å²) in [5.74, 6) is -1.45. The van der Waals surface area contributed by atoms with E-state index >= 15 is 0 Å². The highest BCUT2D eigenvalue weighted by atomic mass is 19.2. The molecule has 0 saturated heterocycles. The van der Waals surface area contributed by atoms with E-state index in [2.05, 4.69) is 0 Å². The highest BCUT2D eigenvalue weighted by molar-refractivity contribution is 5.25. The van der Waals surface area contributed by atoms with Crippen molar-refractivity contribution in [1.29, 1.82) is 0 Å². The maximum Gasteiger partial charge on any atom is 0.155 e. The van der Waals surface area contributed by atoms with E-state index in [0.29, 0.717) is 6.42 Å². The quantitative estimate of drug-likeness (QED) is 0.490. The predicted molar refractivity (Wildman–Crippen MR) is 36.8 cm³/mol. The van der Waals surface area contributed by atoms with Crippen LogP contribution in [0.15, 0.2) is 23.8 Å². The van der Waals surface area contributed by atoms with Gasteiger partial charge in [-0.15, -0.1) is 0 Å². The highest BCUT2D eigenvalue weighted by Gasteiger charge is 2.21. The fourth-order valence-corrected chi connectivity index (χ4v) is 0.921. The molecule has 0 N–H and O–H groups in total. The van der Waals surface area contributed by atoms with Crippen LogP contribution in [0.3, 0.4) is 0 Å². The van der Waals surface area contributed by atoms with E-state index in [4.69, 9.17) is 0 Å². The summed E-state index contributed by atoms with van der Waals surface area (Å²) in [6.07, 6.45) is 3.18. The third-order valence-corrected chi connectivity index (χ3v) is 1.55. The molecule has 0 amide bonds. The first-order chi connectivity index (χ1) is 4.51. The first kappa shape index (κ1) is 7.45. The molecule has 0 saturated carbocycles. The van der Waals surface area contributed by atoms with Crippen LogP contribution in [0, 0.1) is 5.41 Å². The minimum atomic E-state index is -0.726. The van der Waals surface area contributed by atoms with Crippen LogP contribution in [0.1, 0.15) is 20.3 Å². The number of rotatable bonds is 0. The molecule has 0 atom stereocenters. The normalized spacial score (nSPS) is 23.6. The summed E-state index contributed by atoms with van der Waals surface area (Å²) in [6, 6.07) is 0. The molecule has 2 heteroatoms. The second-order valence-electron chi connectivity index (χ2n) is 3.24. The number of hydrogen-bond donors (Lipinski definition) is 0. The SMILES string of the molecule is CC1(C)C=C(F)C(F)=CC1. The van der Waals surface area contributed by atoms with Crippen molar-refractivity contribution in [1.82, 2.24) is 0 Å². The molecular formula is C8H10F2. The van der Waals surface area contributed by atoms with Gasteiger partial charge < -0.3 is 0 Å². The Kier molecular flexibility index (Phi) is 1.63. The molecule has 0 aromatic rings. The lowest BCUT2D eigenvalue weighted by Crippen LogP contribution is -2.09. The van der Waals surface area contributed by atoms with Crippen LogP contribution < -0.4 is 0 Å². The lowest BCUT2D eigenvalue weighted by molar-refractivity contribution is 0.428. The molecule has 0 aliphatic heterocycles. The Morgan fingerprint density at radius 2 is 1.90 bits per heavy atom. The number of allylic oxidation sites excluding steroid dienone is 4. The Bertz CT molecular complexity index is 199. The first-order valence-electron chi connectivity index (χ1n) is 3.26. The summed E-state index contributed by atoms with van der Waals surface area (Å²) in [5, 5.41) is 0. The van der Waals surface area contributed by atoms with Crippen LogP contribution in [0.5, 0.6) is 0 Å². The van der Waals surface area contributed by atoms with E-state index in [1.165, 1.54) is 12.2 Å². The second kappa shape index (κ2) is 2.19. The molecule has 0 nitrogen and oxygen atoms in total. The third kappa shape index (κ3) is 1.43. The van der Waals surface area contributed by atoms with Gasteiger partial charge in [-0.2, -0.15) is 0 Å². The molecule has 0 radical (unpaired) electrons. The first-order valence-corrected chi connectivity index (χ1v) is 3.26. The van der Waals surface area contributed by atoms with Crippen molar-refractivity contribution in [2.75, 3.05) is 0 Å². The second-order valence-corrected chi connectivity index (χ2v) is 3.24. The minimum absolute atomic E-state index is 0.223. The van der Waals surface area contributed by atoms with Crippen molar-refractivity contribution in [2.45, 2.75) is 20.3 Å². The highest BCUT2D eigenvalue weighted by Crippen LogP contribution is 2.33. The Morgan fingerprint density at radius 3 is 2.30 bits per heavy atom. The Morgan fingerprint density at radius 1 is 1.30 bits per heavy atom. The van der Waals surface area contributed by atoms with Gasteiger partial charge in [-0.3, -0.25) is 0 Å². The topological polar surface area (TPSA) is 0 Å². The average Bonchev–Trinajstić information content (AvgIpc) is 1.79. The van der Waals surface area contributed by atoms with Gasteiger partial charge in [0.1, 0.15) is 0 Å². The zero-order chi connectivity index (χ0) is 7.78. The summed E-state index contributed by atoms with van der Waals surface area (Å²) < 4.78 is 24.8. The Labute approximate surface area is 59.2 Å². The van der Waals surface area contributed by atoms with Crippen LogP contribution in [0.25, 0.3) is 0 Å². The molecule has 56 valence electrons. The van der Waals surface area contributed by atoms with Crippen molar-refractivity contribution in [3.63, 3.8) is 0 Å². The molecule has 1 aliphatic carbocycles. The fraction of sp³-hybridized carbons (Fsp3) is 0.500. The average molecular weight is 144 g/mol. The van der Waals surface area contributed by atoms with Crippen LogP contribution in [-0.4, -0.2) is 0 Å². The standard InChI is InChI=1S/C8H10F2/c1-8(2)4-3-6(9)7(10)5-8/h3,5H,4H2,1-2H3. The molecule has 0 aromatic heterocycles. The molecule has 0 aromatic carbocycles. The van der Waals surface area contributed by atoms with Gasteiger partial charge in [-0.1, -0.05) is 13.8 Å². The van der Waals surface area contributed by atoms with E-state index in [0.717, 1.165) is 0 Å². The van der Waals surface area contributed by atoms with Gasteiger partial charge in [0, 0.05) is 0 Å². The summed E-state index contributed by atoms with van der Waals surface area (Å²) in [5.41, 5.74) is -0.223. The third-order valence-electron chi connectivity index (χ3n) is 1.55. The van der Waals surface area contributed by atoms with E-state index < -0.39 is 11.7 Å². The zero-order valence-electron chi connectivity index (χ0n) is 6.12. The van der Waals surface area contributed by atoms with Crippen molar-refractivity contribution < 1.29 is 8.78 Å². The van der Waals surface area contributed by atoms with E-state index in [1.54, 1.807) is 0 Å². The van der Waals surface area contributed by atoms with Gasteiger partial charge in [0.05, 0.1) is 0 Å². The zero-order valence-corrected chi connectivity index (χ0v) is 6.12. The Hall–Kier alpha value is -0.660. The maximum atomic E-state index is 12.5. The molecule has 0 unspecified atom stereocenters. The molecule has 0 heterocycles.